The molecule has 1 atom stereocenters. The summed E-state index contributed by atoms with van der Waals surface area (Å²) >= 11 is 0. The molecule has 0 aliphatic carbocycles. The van der Waals surface area contributed by atoms with Crippen LogP contribution in [0.3, 0.4) is 0 Å². The van der Waals surface area contributed by atoms with Crippen molar-refractivity contribution >= 4 is 7.82 Å². The Bertz CT molecular complexity index is 165. The number of phosphoric ester groups is 1. The zero-order valence-corrected chi connectivity index (χ0v) is 8.28. The molecule has 0 aromatic heterocycles. The quantitative estimate of drug-likeness (QED) is 0.241. The second-order valence-electron chi connectivity index (χ2n) is 2.59. The summed E-state index contributed by atoms with van der Waals surface area (Å²) in [7, 11) is -4.20. The van der Waals surface area contributed by atoms with E-state index in [0.29, 0.717) is 13.0 Å². The van der Waals surface area contributed by atoms with E-state index in [2.05, 4.69) is 9.20 Å². The van der Waals surface area contributed by atoms with E-state index in [1.54, 1.807) is 0 Å². The summed E-state index contributed by atoms with van der Waals surface area (Å²) in [5.74, 6) is 0. The number of rotatable bonds is 8. The summed E-state index contributed by atoms with van der Waals surface area (Å²) in [6.45, 7) is 0.748. The summed E-state index contributed by atoms with van der Waals surface area (Å²) in [6, 6.07) is 0. The standard InChI is InChI=1S/C6H16NO5P/c7-5-3-1-2-4-6-11-13(9,10)12-8/h8H,1-7H2,(H,9,10). The first-order valence-corrected chi connectivity index (χ1v) is 5.62. The maximum atomic E-state index is 10.5. The molecule has 0 aliphatic heterocycles. The predicted octanol–water partition coefficient (Wildman–Crippen LogP) is 1.11. The summed E-state index contributed by atoms with van der Waals surface area (Å²) in [5, 5.41) is 7.88. The van der Waals surface area contributed by atoms with Crippen molar-refractivity contribution in [3.05, 3.63) is 0 Å². The van der Waals surface area contributed by atoms with Crippen LogP contribution >= 0.6 is 7.82 Å². The molecule has 0 saturated carbocycles. The van der Waals surface area contributed by atoms with E-state index in [9.17, 15) is 4.57 Å². The molecule has 0 fully saturated rings. The van der Waals surface area contributed by atoms with Crippen molar-refractivity contribution in [3.8, 4) is 0 Å². The zero-order chi connectivity index (χ0) is 10.2. The number of phosphoric acid groups is 1. The van der Waals surface area contributed by atoms with Gasteiger partial charge in [-0.1, -0.05) is 12.8 Å². The molecule has 0 rings (SSSR count). The highest BCUT2D eigenvalue weighted by atomic mass is 31.2. The van der Waals surface area contributed by atoms with Crippen LogP contribution in [0.5, 0.6) is 0 Å². The molecule has 0 amide bonds. The summed E-state index contributed by atoms with van der Waals surface area (Å²) in [4.78, 5) is 8.57. The highest BCUT2D eigenvalue weighted by Gasteiger charge is 2.19. The molecule has 80 valence electrons. The second kappa shape index (κ2) is 7.44. The van der Waals surface area contributed by atoms with E-state index < -0.39 is 7.82 Å². The van der Waals surface area contributed by atoms with E-state index in [1.165, 1.54) is 0 Å². The summed E-state index contributed by atoms with van der Waals surface area (Å²) < 4.78 is 18.1. The van der Waals surface area contributed by atoms with E-state index in [1.807, 2.05) is 0 Å². The number of hydrogen-bond acceptors (Lipinski definition) is 5. The molecule has 7 heteroatoms. The van der Waals surface area contributed by atoms with Crippen molar-refractivity contribution in [1.82, 2.24) is 0 Å². The minimum Gasteiger partial charge on any atom is -0.330 e. The smallest absolute Gasteiger partial charge is 0.330 e. The van der Waals surface area contributed by atoms with Crippen LogP contribution in [0.25, 0.3) is 0 Å². The molecule has 0 aliphatic rings. The molecule has 6 nitrogen and oxygen atoms in total. The van der Waals surface area contributed by atoms with Gasteiger partial charge >= 0.3 is 7.82 Å². The van der Waals surface area contributed by atoms with Crippen LogP contribution in [0.1, 0.15) is 25.7 Å². The average Bonchev–Trinajstić information content (AvgIpc) is 2.11. The van der Waals surface area contributed by atoms with Crippen molar-refractivity contribution in [2.75, 3.05) is 13.2 Å². The van der Waals surface area contributed by atoms with Gasteiger partial charge in [0.15, 0.2) is 0 Å². The van der Waals surface area contributed by atoms with Crippen LogP contribution in [0, 0.1) is 0 Å². The second-order valence-corrected chi connectivity index (χ2v) is 3.94. The fourth-order valence-electron chi connectivity index (χ4n) is 0.803. The SMILES string of the molecule is NCCCCCCOP(=O)(O)OO. The Kier molecular flexibility index (Phi) is 7.45. The largest absolute Gasteiger partial charge is 0.499 e. The van der Waals surface area contributed by atoms with Crippen LogP contribution < -0.4 is 5.73 Å². The highest BCUT2D eigenvalue weighted by Crippen LogP contribution is 2.41. The third-order valence-electron chi connectivity index (χ3n) is 1.46. The normalized spacial score (nSPS) is 15.6. The molecule has 4 N–H and O–H groups in total. The van der Waals surface area contributed by atoms with Crippen LogP contribution in [0.15, 0.2) is 0 Å². The molecule has 0 aromatic carbocycles. The first-order chi connectivity index (χ1) is 6.12. The van der Waals surface area contributed by atoms with Gasteiger partial charge in [-0.15, -0.1) is 4.67 Å². The third-order valence-corrected chi connectivity index (χ3v) is 2.17. The first-order valence-electron chi connectivity index (χ1n) is 4.13. The lowest BCUT2D eigenvalue weighted by Gasteiger charge is -2.06. The van der Waals surface area contributed by atoms with Gasteiger partial charge in [0, 0.05) is 0 Å². The van der Waals surface area contributed by atoms with Crippen molar-refractivity contribution in [1.29, 1.82) is 0 Å². The van der Waals surface area contributed by atoms with Crippen LogP contribution in [0.2, 0.25) is 0 Å². The number of hydrogen-bond donors (Lipinski definition) is 3. The maximum absolute atomic E-state index is 10.5. The minimum atomic E-state index is -4.20. The molecule has 0 saturated heterocycles. The minimum absolute atomic E-state index is 0.0961. The topological polar surface area (TPSA) is 102 Å². The Hall–Kier alpha value is 0.0300. The van der Waals surface area contributed by atoms with Gasteiger partial charge in [-0.25, -0.2) is 9.82 Å². The molecule has 0 radical (unpaired) electrons. The first kappa shape index (κ1) is 13.0. The van der Waals surface area contributed by atoms with Gasteiger partial charge in [-0.05, 0) is 19.4 Å². The Morgan fingerprint density at radius 3 is 2.38 bits per heavy atom. The molecular weight excluding hydrogens is 197 g/mol. The van der Waals surface area contributed by atoms with E-state index >= 15 is 0 Å². The molecule has 1 unspecified atom stereocenters. The van der Waals surface area contributed by atoms with Crippen LogP contribution in [-0.2, 0) is 13.8 Å². The lowest BCUT2D eigenvalue weighted by molar-refractivity contribution is -0.162. The Balaban J connectivity index is 3.21. The van der Waals surface area contributed by atoms with Gasteiger partial charge in [0.1, 0.15) is 0 Å². The lowest BCUT2D eigenvalue weighted by atomic mass is 10.2. The lowest BCUT2D eigenvalue weighted by Crippen LogP contribution is -1.99. The molecule has 13 heavy (non-hydrogen) atoms. The van der Waals surface area contributed by atoms with Crippen molar-refractivity contribution in [2.45, 2.75) is 25.7 Å². The third kappa shape index (κ3) is 8.36. The van der Waals surface area contributed by atoms with E-state index in [-0.39, 0.29) is 6.61 Å². The van der Waals surface area contributed by atoms with E-state index in [4.69, 9.17) is 15.9 Å². The van der Waals surface area contributed by atoms with Crippen molar-refractivity contribution < 1.29 is 23.9 Å². The zero-order valence-electron chi connectivity index (χ0n) is 7.39. The van der Waals surface area contributed by atoms with Gasteiger partial charge in [0.25, 0.3) is 0 Å². The van der Waals surface area contributed by atoms with Gasteiger partial charge < -0.3 is 10.6 Å². The van der Waals surface area contributed by atoms with Gasteiger partial charge in [0.05, 0.1) is 6.61 Å². The molecule has 0 spiro atoms. The average molecular weight is 213 g/mol. The maximum Gasteiger partial charge on any atom is 0.499 e. The van der Waals surface area contributed by atoms with Gasteiger partial charge in [0.2, 0.25) is 0 Å². The predicted molar refractivity (Wildman–Crippen MR) is 47.0 cm³/mol. The Morgan fingerprint density at radius 2 is 1.85 bits per heavy atom. The van der Waals surface area contributed by atoms with Crippen molar-refractivity contribution in [3.63, 3.8) is 0 Å². The summed E-state index contributed by atoms with van der Waals surface area (Å²) in [6.07, 6.45) is 3.43. The molecule has 0 heterocycles. The summed E-state index contributed by atoms with van der Waals surface area (Å²) in [5.41, 5.74) is 5.27. The molecule has 0 bridgehead atoms. The fraction of sp³-hybridized carbons (Fsp3) is 1.00. The van der Waals surface area contributed by atoms with Gasteiger partial charge in [-0.3, -0.25) is 4.52 Å². The number of nitrogens with two attached hydrogens (primary N) is 1. The van der Waals surface area contributed by atoms with Gasteiger partial charge in [-0.2, -0.15) is 0 Å². The highest BCUT2D eigenvalue weighted by molar-refractivity contribution is 7.47. The molecular formula is C6H16NO5P. The monoisotopic (exact) mass is 213 g/mol. The van der Waals surface area contributed by atoms with Crippen LogP contribution in [-0.4, -0.2) is 23.3 Å². The molecule has 0 aromatic rings. The van der Waals surface area contributed by atoms with Crippen molar-refractivity contribution in [2.24, 2.45) is 5.73 Å². The van der Waals surface area contributed by atoms with E-state index in [0.717, 1.165) is 19.3 Å². The Morgan fingerprint density at radius 1 is 1.23 bits per heavy atom. The Labute approximate surface area is 77.2 Å². The fourth-order valence-corrected chi connectivity index (χ4v) is 1.21. The van der Waals surface area contributed by atoms with Crippen LogP contribution in [0.4, 0.5) is 0 Å². The number of unbranched alkanes of at least 4 members (excludes halogenated alkanes) is 3.